The molecule has 1 aromatic carbocycles. The molecule has 0 spiro atoms. The molecule has 1 aromatic heterocycles. The van der Waals surface area contributed by atoms with E-state index in [1.165, 1.54) is 11.1 Å². The number of aromatic nitrogens is 2. The van der Waals surface area contributed by atoms with E-state index in [4.69, 9.17) is 10.5 Å². The van der Waals surface area contributed by atoms with Crippen molar-refractivity contribution in [2.45, 2.75) is 12.8 Å². The zero-order chi connectivity index (χ0) is 11.0. The summed E-state index contributed by atoms with van der Waals surface area (Å²) in [4.78, 5) is 0. The van der Waals surface area contributed by atoms with Gasteiger partial charge in [0.05, 0.1) is 6.61 Å². The number of benzene rings is 1. The summed E-state index contributed by atoms with van der Waals surface area (Å²) in [6.07, 6.45) is 1.84. The Morgan fingerprint density at radius 2 is 2.31 bits per heavy atom. The zero-order valence-electron chi connectivity index (χ0n) is 8.86. The molecule has 4 heteroatoms. The van der Waals surface area contributed by atoms with Gasteiger partial charge in [0.1, 0.15) is 11.6 Å². The van der Waals surface area contributed by atoms with Crippen LogP contribution in [0.2, 0.25) is 0 Å². The molecule has 0 atom stereocenters. The average molecular weight is 215 g/mol. The maximum Gasteiger partial charge on any atom is 0.145 e. The van der Waals surface area contributed by atoms with Crippen molar-refractivity contribution in [3.8, 4) is 5.75 Å². The second-order valence-corrected chi connectivity index (χ2v) is 4.04. The van der Waals surface area contributed by atoms with Gasteiger partial charge in [0, 0.05) is 24.6 Å². The number of aromatic amines is 1. The fraction of sp³-hybridized carbons (Fsp3) is 0.250. The summed E-state index contributed by atoms with van der Waals surface area (Å²) < 4.78 is 5.47. The SMILES string of the molecule is Nc1cc(Cc2ccc3c(c2)CCO3)[nH]n1. The topological polar surface area (TPSA) is 63.9 Å². The Labute approximate surface area is 93.4 Å². The van der Waals surface area contributed by atoms with Crippen LogP contribution in [0.1, 0.15) is 16.8 Å². The van der Waals surface area contributed by atoms with Crippen molar-refractivity contribution in [2.24, 2.45) is 0 Å². The highest BCUT2D eigenvalue weighted by Gasteiger charge is 2.12. The number of anilines is 1. The first-order valence-corrected chi connectivity index (χ1v) is 5.35. The first-order valence-electron chi connectivity index (χ1n) is 5.35. The maximum atomic E-state index is 5.56. The highest BCUT2D eigenvalue weighted by atomic mass is 16.5. The molecule has 82 valence electrons. The van der Waals surface area contributed by atoms with E-state index in [9.17, 15) is 0 Å². The third-order valence-electron chi connectivity index (χ3n) is 2.80. The van der Waals surface area contributed by atoms with E-state index in [-0.39, 0.29) is 0 Å². The number of nitrogens with two attached hydrogens (primary N) is 1. The van der Waals surface area contributed by atoms with E-state index in [0.717, 1.165) is 30.9 Å². The van der Waals surface area contributed by atoms with Gasteiger partial charge in [0.15, 0.2) is 0 Å². The standard InChI is InChI=1S/C12H13N3O/c13-12-7-10(14-15-12)6-8-1-2-11-9(5-8)3-4-16-11/h1-2,5,7H,3-4,6H2,(H3,13,14,15). The normalized spacial score (nSPS) is 13.5. The number of H-pyrrole nitrogens is 1. The number of hydrogen-bond donors (Lipinski definition) is 2. The van der Waals surface area contributed by atoms with Gasteiger partial charge in [-0.25, -0.2) is 0 Å². The second kappa shape index (κ2) is 3.56. The third-order valence-corrected chi connectivity index (χ3v) is 2.80. The molecular formula is C12H13N3O. The van der Waals surface area contributed by atoms with E-state index in [1.807, 2.05) is 12.1 Å². The predicted molar refractivity (Wildman–Crippen MR) is 61.4 cm³/mol. The van der Waals surface area contributed by atoms with Crippen molar-refractivity contribution >= 4 is 5.82 Å². The number of nitrogens with one attached hydrogen (secondary N) is 1. The number of nitrogen functional groups attached to an aromatic ring is 1. The van der Waals surface area contributed by atoms with Crippen LogP contribution in [0.5, 0.6) is 5.75 Å². The quantitative estimate of drug-likeness (QED) is 0.798. The van der Waals surface area contributed by atoms with Gasteiger partial charge >= 0.3 is 0 Å². The Morgan fingerprint density at radius 3 is 3.12 bits per heavy atom. The van der Waals surface area contributed by atoms with Gasteiger partial charge in [-0.3, -0.25) is 5.10 Å². The molecule has 0 radical (unpaired) electrons. The molecule has 2 aromatic rings. The molecular weight excluding hydrogens is 202 g/mol. The molecule has 0 saturated carbocycles. The van der Waals surface area contributed by atoms with Crippen molar-refractivity contribution < 1.29 is 4.74 Å². The number of hydrogen-bond acceptors (Lipinski definition) is 3. The van der Waals surface area contributed by atoms with Gasteiger partial charge in [-0.15, -0.1) is 0 Å². The minimum atomic E-state index is 0.541. The fourth-order valence-electron chi connectivity index (χ4n) is 2.04. The minimum Gasteiger partial charge on any atom is -0.493 e. The van der Waals surface area contributed by atoms with Crippen molar-refractivity contribution in [1.82, 2.24) is 10.2 Å². The molecule has 0 saturated heterocycles. The lowest BCUT2D eigenvalue weighted by molar-refractivity contribution is 0.357. The van der Waals surface area contributed by atoms with Crippen LogP contribution >= 0.6 is 0 Å². The molecule has 16 heavy (non-hydrogen) atoms. The molecule has 4 nitrogen and oxygen atoms in total. The number of fused-ring (bicyclic) bond motifs is 1. The molecule has 3 N–H and O–H groups in total. The van der Waals surface area contributed by atoms with E-state index < -0.39 is 0 Å². The van der Waals surface area contributed by atoms with Crippen LogP contribution in [0.15, 0.2) is 24.3 Å². The first-order chi connectivity index (χ1) is 7.81. The predicted octanol–water partition coefficient (Wildman–Crippen LogP) is 1.52. The lowest BCUT2D eigenvalue weighted by atomic mass is 10.1. The van der Waals surface area contributed by atoms with Gasteiger partial charge in [-0.1, -0.05) is 12.1 Å². The molecule has 0 unspecified atom stereocenters. The third kappa shape index (κ3) is 1.62. The molecule has 0 aliphatic carbocycles. The first kappa shape index (κ1) is 9.27. The summed E-state index contributed by atoms with van der Waals surface area (Å²) in [6, 6.07) is 8.18. The van der Waals surface area contributed by atoms with Gasteiger partial charge in [0.2, 0.25) is 0 Å². The molecule has 1 aliphatic heterocycles. The Kier molecular flexibility index (Phi) is 2.06. The van der Waals surface area contributed by atoms with E-state index in [2.05, 4.69) is 22.3 Å². The monoisotopic (exact) mass is 215 g/mol. The lowest BCUT2D eigenvalue weighted by Crippen LogP contribution is -1.89. The molecule has 0 fully saturated rings. The van der Waals surface area contributed by atoms with Crippen LogP contribution < -0.4 is 10.5 Å². The van der Waals surface area contributed by atoms with Crippen molar-refractivity contribution in [3.63, 3.8) is 0 Å². The zero-order valence-corrected chi connectivity index (χ0v) is 8.86. The minimum absolute atomic E-state index is 0.541. The van der Waals surface area contributed by atoms with Crippen LogP contribution in [-0.4, -0.2) is 16.8 Å². The van der Waals surface area contributed by atoms with Crippen LogP contribution in [0.3, 0.4) is 0 Å². The lowest BCUT2D eigenvalue weighted by Gasteiger charge is -2.02. The van der Waals surface area contributed by atoms with Gasteiger partial charge in [0.25, 0.3) is 0 Å². The molecule has 2 heterocycles. The Bertz CT molecular complexity index is 519. The number of ether oxygens (including phenoxy) is 1. The fourth-order valence-corrected chi connectivity index (χ4v) is 2.04. The summed E-state index contributed by atoms with van der Waals surface area (Å²) in [5, 5.41) is 6.83. The average Bonchev–Trinajstić information content (AvgIpc) is 2.87. The highest BCUT2D eigenvalue weighted by molar-refractivity contribution is 5.41. The van der Waals surface area contributed by atoms with Crippen LogP contribution in [0.25, 0.3) is 0 Å². The maximum absolute atomic E-state index is 5.56. The Balaban J connectivity index is 1.85. The van der Waals surface area contributed by atoms with Gasteiger partial charge < -0.3 is 10.5 Å². The van der Waals surface area contributed by atoms with Crippen LogP contribution in [0.4, 0.5) is 5.82 Å². The Morgan fingerprint density at radius 1 is 1.38 bits per heavy atom. The van der Waals surface area contributed by atoms with Crippen LogP contribution in [-0.2, 0) is 12.8 Å². The van der Waals surface area contributed by atoms with Gasteiger partial charge in [-0.05, 0) is 17.2 Å². The van der Waals surface area contributed by atoms with Gasteiger partial charge in [-0.2, -0.15) is 5.10 Å². The number of rotatable bonds is 2. The molecule has 0 amide bonds. The highest BCUT2D eigenvalue weighted by Crippen LogP contribution is 2.26. The van der Waals surface area contributed by atoms with Crippen molar-refractivity contribution in [2.75, 3.05) is 12.3 Å². The van der Waals surface area contributed by atoms with Crippen LogP contribution in [0, 0.1) is 0 Å². The second-order valence-electron chi connectivity index (χ2n) is 4.04. The largest absolute Gasteiger partial charge is 0.493 e. The molecule has 1 aliphatic rings. The van der Waals surface area contributed by atoms with Crippen molar-refractivity contribution in [1.29, 1.82) is 0 Å². The summed E-state index contributed by atoms with van der Waals surface area (Å²) in [6.45, 7) is 0.801. The summed E-state index contributed by atoms with van der Waals surface area (Å²) in [5.74, 6) is 1.56. The summed E-state index contributed by atoms with van der Waals surface area (Å²) in [7, 11) is 0. The smallest absolute Gasteiger partial charge is 0.145 e. The van der Waals surface area contributed by atoms with E-state index >= 15 is 0 Å². The van der Waals surface area contributed by atoms with Crippen molar-refractivity contribution in [3.05, 3.63) is 41.1 Å². The molecule has 0 bridgehead atoms. The Hall–Kier alpha value is -1.97. The number of nitrogens with zero attached hydrogens (tertiary/aromatic N) is 1. The summed E-state index contributed by atoms with van der Waals surface area (Å²) in [5.41, 5.74) is 9.15. The van der Waals surface area contributed by atoms with E-state index in [0.29, 0.717) is 5.82 Å². The van der Waals surface area contributed by atoms with E-state index in [1.54, 1.807) is 0 Å². The molecule has 3 rings (SSSR count). The summed E-state index contributed by atoms with van der Waals surface area (Å²) >= 11 is 0.